The standard InChI is InChI=1S/C19H22N4O/c24-19-18-14-22(11-15-3-1-6-20-9-15)13-17(18)5-8-23(19)12-16-4-2-7-21-10-16/h1-4,6-7,9-10,17-18H,5,8,11-14H2/t17-,18-/m0/s1. The Morgan fingerprint density at radius 3 is 2.38 bits per heavy atom. The van der Waals surface area contributed by atoms with Crippen LogP contribution in [-0.2, 0) is 17.9 Å². The van der Waals surface area contributed by atoms with Crippen LogP contribution in [0.5, 0.6) is 0 Å². The van der Waals surface area contributed by atoms with Crippen LogP contribution in [0.1, 0.15) is 17.5 Å². The third kappa shape index (κ3) is 3.17. The van der Waals surface area contributed by atoms with Crippen molar-refractivity contribution in [1.29, 1.82) is 0 Å². The van der Waals surface area contributed by atoms with Gasteiger partial charge < -0.3 is 4.90 Å². The van der Waals surface area contributed by atoms with E-state index in [1.54, 1.807) is 12.4 Å². The van der Waals surface area contributed by atoms with Crippen LogP contribution in [0.2, 0.25) is 0 Å². The molecule has 5 nitrogen and oxygen atoms in total. The summed E-state index contributed by atoms with van der Waals surface area (Å²) in [5, 5.41) is 0. The molecule has 4 heterocycles. The van der Waals surface area contributed by atoms with Crippen LogP contribution in [0, 0.1) is 11.8 Å². The second kappa shape index (κ2) is 6.69. The quantitative estimate of drug-likeness (QED) is 0.863. The molecule has 2 aliphatic heterocycles. The number of carbonyl (C=O) groups excluding carboxylic acids is 1. The number of likely N-dealkylation sites (tertiary alicyclic amines) is 2. The van der Waals surface area contributed by atoms with E-state index >= 15 is 0 Å². The predicted octanol–water partition coefficient (Wildman–Crippen LogP) is 1.96. The third-order valence-electron chi connectivity index (χ3n) is 5.14. The van der Waals surface area contributed by atoms with E-state index in [1.807, 2.05) is 35.5 Å². The Morgan fingerprint density at radius 2 is 1.71 bits per heavy atom. The summed E-state index contributed by atoms with van der Waals surface area (Å²) in [5.41, 5.74) is 2.32. The average Bonchev–Trinajstić information content (AvgIpc) is 3.03. The van der Waals surface area contributed by atoms with Gasteiger partial charge in [-0.15, -0.1) is 0 Å². The number of nitrogens with zero attached hydrogens (tertiary/aromatic N) is 4. The molecule has 0 saturated carbocycles. The summed E-state index contributed by atoms with van der Waals surface area (Å²) in [7, 11) is 0. The molecular weight excluding hydrogens is 300 g/mol. The highest BCUT2D eigenvalue weighted by Gasteiger charge is 2.42. The van der Waals surface area contributed by atoms with E-state index < -0.39 is 0 Å². The Kier molecular flexibility index (Phi) is 4.26. The van der Waals surface area contributed by atoms with Crippen molar-refractivity contribution in [1.82, 2.24) is 19.8 Å². The molecule has 4 rings (SSSR count). The van der Waals surface area contributed by atoms with E-state index in [1.165, 1.54) is 5.56 Å². The topological polar surface area (TPSA) is 49.3 Å². The number of hydrogen-bond acceptors (Lipinski definition) is 4. The highest BCUT2D eigenvalue weighted by Crippen LogP contribution is 2.33. The zero-order chi connectivity index (χ0) is 16.4. The smallest absolute Gasteiger partial charge is 0.227 e. The lowest BCUT2D eigenvalue weighted by molar-refractivity contribution is -0.140. The van der Waals surface area contributed by atoms with Gasteiger partial charge in [0.15, 0.2) is 0 Å². The Hall–Kier alpha value is -2.27. The highest BCUT2D eigenvalue weighted by molar-refractivity contribution is 5.80. The van der Waals surface area contributed by atoms with Gasteiger partial charge in [0.2, 0.25) is 5.91 Å². The number of rotatable bonds is 4. The maximum absolute atomic E-state index is 12.9. The van der Waals surface area contributed by atoms with Crippen molar-refractivity contribution < 1.29 is 4.79 Å². The minimum Gasteiger partial charge on any atom is -0.338 e. The molecular formula is C19H22N4O. The Bertz CT molecular complexity index is 691. The summed E-state index contributed by atoms with van der Waals surface area (Å²) in [6.07, 6.45) is 8.43. The number of hydrogen-bond donors (Lipinski definition) is 0. The van der Waals surface area contributed by atoms with E-state index in [0.717, 1.165) is 38.2 Å². The van der Waals surface area contributed by atoms with Crippen molar-refractivity contribution in [2.24, 2.45) is 11.8 Å². The van der Waals surface area contributed by atoms with Gasteiger partial charge in [-0.05, 0) is 35.6 Å². The SMILES string of the molecule is O=C1[C@H]2CN(Cc3cccnc3)C[C@@H]2CCN1Cc1cccnc1. The van der Waals surface area contributed by atoms with Gasteiger partial charge in [-0.25, -0.2) is 0 Å². The third-order valence-corrected chi connectivity index (χ3v) is 5.14. The second-order valence-electron chi connectivity index (χ2n) is 6.83. The number of fused-ring (bicyclic) bond motifs is 1. The summed E-state index contributed by atoms with van der Waals surface area (Å²) in [4.78, 5) is 25.6. The van der Waals surface area contributed by atoms with Crippen LogP contribution in [0.25, 0.3) is 0 Å². The lowest BCUT2D eigenvalue weighted by Crippen LogP contribution is -2.44. The first-order chi connectivity index (χ1) is 11.8. The predicted molar refractivity (Wildman–Crippen MR) is 90.8 cm³/mol. The van der Waals surface area contributed by atoms with Crippen molar-refractivity contribution in [3.63, 3.8) is 0 Å². The molecule has 0 unspecified atom stereocenters. The van der Waals surface area contributed by atoms with E-state index in [0.29, 0.717) is 18.4 Å². The first kappa shape index (κ1) is 15.3. The van der Waals surface area contributed by atoms with Crippen LogP contribution < -0.4 is 0 Å². The molecule has 5 heteroatoms. The first-order valence-electron chi connectivity index (χ1n) is 8.58. The minimum atomic E-state index is 0.145. The van der Waals surface area contributed by atoms with Crippen molar-refractivity contribution >= 4 is 5.91 Å². The molecule has 0 radical (unpaired) electrons. The van der Waals surface area contributed by atoms with Crippen LogP contribution >= 0.6 is 0 Å². The van der Waals surface area contributed by atoms with E-state index in [9.17, 15) is 4.79 Å². The molecule has 2 fully saturated rings. The minimum absolute atomic E-state index is 0.145. The zero-order valence-corrected chi connectivity index (χ0v) is 13.7. The summed E-state index contributed by atoms with van der Waals surface area (Å²) in [6.45, 7) is 4.30. The van der Waals surface area contributed by atoms with Gasteiger partial charge in [0.1, 0.15) is 0 Å². The maximum Gasteiger partial charge on any atom is 0.227 e. The van der Waals surface area contributed by atoms with E-state index in [4.69, 9.17) is 0 Å². The van der Waals surface area contributed by atoms with Crippen molar-refractivity contribution in [2.45, 2.75) is 19.5 Å². The van der Waals surface area contributed by atoms with Crippen molar-refractivity contribution in [3.8, 4) is 0 Å². The van der Waals surface area contributed by atoms with E-state index in [-0.39, 0.29) is 5.92 Å². The summed E-state index contributed by atoms with van der Waals surface area (Å²) >= 11 is 0. The molecule has 2 aliphatic rings. The van der Waals surface area contributed by atoms with Crippen LogP contribution in [0.15, 0.2) is 49.1 Å². The van der Waals surface area contributed by atoms with Crippen LogP contribution in [-0.4, -0.2) is 45.3 Å². The number of piperidine rings is 1. The first-order valence-corrected chi connectivity index (χ1v) is 8.58. The number of carbonyl (C=O) groups is 1. The van der Waals surface area contributed by atoms with Gasteiger partial charge in [0.25, 0.3) is 0 Å². The van der Waals surface area contributed by atoms with Crippen LogP contribution in [0.3, 0.4) is 0 Å². The molecule has 0 aliphatic carbocycles. The Morgan fingerprint density at radius 1 is 1.00 bits per heavy atom. The average molecular weight is 322 g/mol. The second-order valence-corrected chi connectivity index (χ2v) is 6.83. The fraction of sp³-hybridized carbons (Fsp3) is 0.421. The van der Waals surface area contributed by atoms with Crippen molar-refractivity contribution in [2.75, 3.05) is 19.6 Å². The zero-order valence-electron chi connectivity index (χ0n) is 13.7. The summed E-state index contributed by atoms with van der Waals surface area (Å²) in [6, 6.07) is 8.04. The molecule has 2 aromatic rings. The fourth-order valence-corrected chi connectivity index (χ4v) is 3.95. The van der Waals surface area contributed by atoms with Gasteiger partial charge in [0, 0.05) is 57.5 Å². The van der Waals surface area contributed by atoms with Gasteiger partial charge in [-0.1, -0.05) is 12.1 Å². The Labute approximate surface area is 142 Å². The molecule has 0 aromatic carbocycles. The van der Waals surface area contributed by atoms with Gasteiger partial charge in [-0.3, -0.25) is 19.7 Å². The number of aromatic nitrogens is 2. The van der Waals surface area contributed by atoms with Gasteiger partial charge in [0.05, 0.1) is 5.92 Å². The van der Waals surface area contributed by atoms with Crippen LogP contribution in [0.4, 0.5) is 0 Å². The van der Waals surface area contributed by atoms with Gasteiger partial charge in [-0.2, -0.15) is 0 Å². The normalized spacial score (nSPS) is 24.2. The molecule has 0 N–H and O–H groups in total. The van der Waals surface area contributed by atoms with E-state index in [2.05, 4.69) is 20.9 Å². The largest absolute Gasteiger partial charge is 0.338 e. The number of pyridine rings is 2. The highest BCUT2D eigenvalue weighted by atomic mass is 16.2. The molecule has 24 heavy (non-hydrogen) atoms. The summed E-state index contributed by atoms with van der Waals surface area (Å²) in [5.74, 6) is 0.954. The lowest BCUT2D eigenvalue weighted by Gasteiger charge is -2.33. The maximum atomic E-state index is 12.9. The van der Waals surface area contributed by atoms with Crippen molar-refractivity contribution in [3.05, 3.63) is 60.2 Å². The Balaban J connectivity index is 1.40. The fourth-order valence-electron chi connectivity index (χ4n) is 3.95. The summed E-state index contributed by atoms with van der Waals surface area (Å²) < 4.78 is 0. The molecule has 1 amide bonds. The molecule has 2 saturated heterocycles. The molecule has 0 spiro atoms. The van der Waals surface area contributed by atoms with Gasteiger partial charge >= 0.3 is 0 Å². The number of amides is 1. The lowest BCUT2D eigenvalue weighted by atomic mass is 9.88. The molecule has 124 valence electrons. The molecule has 0 bridgehead atoms. The molecule has 2 atom stereocenters. The molecule has 2 aromatic heterocycles. The monoisotopic (exact) mass is 322 g/mol.